The smallest absolute Gasteiger partial charge is 0.344 e. The normalized spacial score (nSPS) is 14.6. The van der Waals surface area contributed by atoms with E-state index in [-0.39, 0.29) is 18.9 Å². The van der Waals surface area contributed by atoms with Gasteiger partial charge in [-0.05, 0) is 36.4 Å². The molecule has 0 saturated carbocycles. The fraction of sp³-hybridized carbons (Fsp3) is 0.250. The van der Waals surface area contributed by atoms with Gasteiger partial charge in [-0.3, -0.25) is 9.59 Å². The molecular weight excluding hydrogens is 380 g/mol. The highest BCUT2D eigenvalue weighted by Crippen LogP contribution is 2.42. The van der Waals surface area contributed by atoms with E-state index in [1.165, 1.54) is 14.2 Å². The number of cyclic esters (lactones) is 1. The molecule has 29 heavy (non-hydrogen) atoms. The van der Waals surface area contributed by atoms with Gasteiger partial charge in [0, 0.05) is 23.4 Å². The minimum absolute atomic E-state index is 0.0499. The van der Waals surface area contributed by atoms with Crippen molar-refractivity contribution >= 4 is 23.5 Å². The zero-order chi connectivity index (χ0) is 21.0. The summed E-state index contributed by atoms with van der Waals surface area (Å²) in [5.74, 6) is -1.13. The van der Waals surface area contributed by atoms with Crippen LogP contribution in [0.5, 0.6) is 11.5 Å². The molecule has 1 heterocycles. The predicted octanol–water partition coefficient (Wildman–Crippen LogP) is 2.19. The van der Waals surface area contributed by atoms with Crippen LogP contribution in [0.1, 0.15) is 38.9 Å². The van der Waals surface area contributed by atoms with Gasteiger partial charge in [0.15, 0.2) is 11.5 Å². The van der Waals surface area contributed by atoms with Gasteiger partial charge in [-0.25, -0.2) is 4.79 Å². The molecule has 9 heteroatoms. The second-order valence-electron chi connectivity index (χ2n) is 6.17. The standard InChI is InChI=1S/C20H20N2O7/c1-27-14-8-7-13-16(17(14)28-2)20(26)29-19(13)22-12-5-3-11(4-6-12)18(25)21-10-9-15(23)24/h3-8,19,22H,9-10H2,1-2H3,(H,21,25)(H,23,24). The third kappa shape index (κ3) is 4.23. The van der Waals surface area contributed by atoms with Crippen molar-refractivity contribution in [3.05, 3.63) is 53.1 Å². The number of ether oxygens (including phenoxy) is 3. The molecule has 1 unspecified atom stereocenters. The number of methoxy groups -OCH3 is 2. The van der Waals surface area contributed by atoms with Crippen LogP contribution in [-0.2, 0) is 9.53 Å². The number of carbonyl (C=O) groups is 3. The summed E-state index contributed by atoms with van der Waals surface area (Å²) in [6, 6.07) is 9.93. The van der Waals surface area contributed by atoms with Gasteiger partial charge in [-0.1, -0.05) is 0 Å². The van der Waals surface area contributed by atoms with Gasteiger partial charge in [0.2, 0.25) is 6.23 Å². The Morgan fingerprint density at radius 3 is 2.45 bits per heavy atom. The number of hydrogen-bond acceptors (Lipinski definition) is 7. The fourth-order valence-corrected chi connectivity index (χ4v) is 2.96. The summed E-state index contributed by atoms with van der Waals surface area (Å²) >= 11 is 0. The van der Waals surface area contributed by atoms with Crippen molar-refractivity contribution in [3.8, 4) is 11.5 Å². The topological polar surface area (TPSA) is 123 Å². The summed E-state index contributed by atoms with van der Waals surface area (Å²) < 4.78 is 15.9. The number of carbonyl (C=O) groups excluding carboxylic acids is 2. The Morgan fingerprint density at radius 1 is 1.10 bits per heavy atom. The molecule has 0 saturated heterocycles. The number of anilines is 1. The molecule has 0 aromatic heterocycles. The Kier molecular flexibility index (Phi) is 5.87. The van der Waals surface area contributed by atoms with Crippen LogP contribution in [0.25, 0.3) is 0 Å². The Balaban J connectivity index is 1.72. The van der Waals surface area contributed by atoms with Gasteiger partial charge in [0.05, 0.1) is 20.6 Å². The highest BCUT2D eigenvalue weighted by Gasteiger charge is 2.35. The largest absolute Gasteiger partial charge is 0.493 e. The molecule has 1 aliphatic rings. The molecule has 0 fully saturated rings. The summed E-state index contributed by atoms with van der Waals surface area (Å²) in [4.78, 5) is 34.8. The average Bonchev–Trinajstić information content (AvgIpc) is 3.02. The molecule has 2 aromatic carbocycles. The van der Waals surface area contributed by atoms with Crippen LogP contribution in [0.2, 0.25) is 0 Å². The molecule has 3 rings (SSSR count). The molecule has 1 amide bonds. The van der Waals surface area contributed by atoms with E-state index >= 15 is 0 Å². The number of benzene rings is 2. The number of fused-ring (bicyclic) bond motifs is 1. The molecule has 0 bridgehead atoms. The lowest BCUT2D eigenvalue weighted by Gasteiger charge is -2.15. The molecule has 0 radical (unpaired) electrons. The third-order valence-electron chi connectivity index (χ3n) is 4.36. The SMILES string of the molecule is COc1ccc2c(c1OC)C(=O)OC2Nc1ccc(C(=O)NCCC(=O)O)cc1. The van der Waals surface area contributed by atoms with Gasteiger partial charge in [-0.15, -0.1) is 0 Å². The van der Waals surface area contributed by atoms with E-state index in [2.05, 4.69) is 10.6 Å². The Hall–Kier alpha value is -3.75. The van der Waals surface area contributed by atoms with Gasteiger partial charge in [-0.2, -0.15) is 0 Å². The quantitative estimate of drug-likeness (QED) is 0.576. The molecule has 1 aliphatic heterocycles. The second kappa shape index (κ2) is 8.51. The molecule has 3 N–H and O–H groups in total. The molecule has 9 nitrogen and oxygen atoms in total. The third-order valence-corrected chi connectivity index (χ3v) is 4.36. The predicted molar refractivity (Wildman–Crippen MR) is 102 cm³/mol. The lowest BCUT2D eigenvalue weighted by Crippen LogP contribution is -2.25. The van der Waals surface area contributed by atoms with E-state index in [0.29, 0.717) is 33.9 Å². The van der Waals surface area contributed by atoms with Gasteiger partial charge >= 0.3 is 11.9 Å². The van der Waals surface area contributed by atoms with Gasteiger partial charge in [0.25, 0.3) is 5.91 Å². The summed E-state index contributed by atoms with van der Waals surface area (Å²) in [5.41, 5.74) is 1.94. The van der Waals surface area contributed by atoms with Crippen LogP contribution >= 0.6 is 0 Å². The van der Waals surface area contributed by atoms with Crippen molar-refractivity contribution in [2.75, 3.05) is 26.1 Å². The van der Waals surface area contributed by atoms with Crippen LogP contribution in [0.4, 0.5) is 5.69 Å². The number of amides is 1. The molecular formula is C20H20N2O7. The van der Waals surface area contributed by atoms with Gasteiger partial charge < -0.3 is 30.0 Å². The van der Waals surface area contributed by atoms with Crippen molar-refractivity contribution in [1.29, 1.82) is 0 Å². The summed E-state index contributed by atoms with van der Waals surface area (Å²) in [7, 11) is 2.94. The molecule has 0 spiro atoms. The van der Waals surface area contributed by atoms with Crippen molar-refractivity contribution in [2.24, 2.45) is 0 Å². The number of hydrogen-bond donors (Lipinski definition) is 3. The monoisotopic (exact) mass is 400 g/mol. The Bertz CT molecular complexity index is 941. The first kappa shape index (κ1) is 20.0. The fourth-order valence-electron chi connectivity index (χ4n) is 2.96. The van der Waals surface area contributed by atoms with Crippen LogP contribution < -0.4 is 20.1 Å². The first-order chi connectivity index (χ1) is 13.9. The first-order valence-corrected chi connectivity index (χ1v) is 8.77. The van der Waals surface area contributed by atoms with Crippen molar-refractivity contribution in [3.63, 3.8) is 0 Å². The number of rotatable bonds is 8. The van der Waals surface area contributed by atoms with Crippen molar-refractivity contribution in [1.82, 2.24) is 5.32 Å². The summed E-state index contributed by atoms with van der Waals surface area (Å²) in [6.07, 6.45) is -0.862. The van der Waals surface area contributed by atoms with Crippen LogP contribution in [-0.4, -0.2) is 43.7 Å². The number of carboxylic acid groups (broad SMARTS) is 1. The maximum atomic E-state index is 12.3. The number of esters is 1. The zero-order valence-electron chi connectivity index (χ0n) is 15.9. The first-order valence-electron chi connectivity index (χ1n) is 8.77. The van der Waals surface area contributed by atoms with Crippen LogP contribution in [0, 0.1) is 0 Å². The Morgan fingerprint density at radius 2 is 1.83 bits per heavy atom. The van der Waals surface area contributed by atoms with Crippen molar-refractivity contribution < 1.29 is 33.7 Å². The average molecular weight is 400 g/mol. The van der Waals surface area contributed by atoms with E-state index in [0.717, 1.165) is 0 Å². The summed E-state index contributed by atoms with van der Waals surface area (Å²) in [6.45, 7) is 0.0499. The van der Waals surface area contributed by atoms with Gasteiger partial charge in [0.1, 0.15) is 5.56 Å². The van der Waals surface area contributed by atoms with Crippen molar-refractivity contribution in [2.45, 2.75) is 12.6 Å². The lowest BCUT2D eigenvalue weighted by molar-refractivity contribution is -0.136. The van der Waals surface area contributed by atoms with E-state index in [1.807, 2.05) is 0 Å². The maximum Gasteiger partial charge on any atom is 0.344 e. The molecule has 1 atom stereocenters. The number of carboxylic acids is 1. The minimum Gasteiger partial charge on any atom is -0.493 e. The van der Waals surface area contributed by atoms with E-state index < -0.39 is 18.2 Å². The minimum atomic E-state index is -0.981. The van der Waals surface area contributed by atoms with E-state index in [9.17, 15) is 14.4 Å². The highest BCUT2D eigenvalue weighted by atomic mass is 16.6. The Labute approximate surface area is 166 Å². The van der Waals surface area contributed by atoms with E-state index in [1.54, 1.807) is 36.4 Å². The lowest BCUT2D eigenvalue weighted by atomic mass is 10.1. The van der Waals surface area contributed by atoms with Crippen LogP contribution in [0.3, 0.4) is 0 Å². The van der Waals surface area contributed by atoms with Crippen LogP contribution in [0.15, 0.2) is 36.4 Å². The maximum absolute atomic E-state index is 12.3. The zero-order valence-corrected chi connectivity index (χ0v) is 15.9. The van der Waals surface area contributed by atoms with E-state index in [4.69, 9.17) is 19.3 Å². The highest BCUT2D eigenvalue weighted by molar-refractivity contribution is 5.98. The summed E-state index contributed by atoms with van der Waals surface area (Å²) in [5, 5.41) is 14.2. The molecule has 152 valence electrons. The molecule has 0 aliphatic carbocycles. The molecule has 2 aromatic rings. The number of aliphatic carboxylic acids is 1. The second-order valence-corrected chi connectivity index (χ2v) is 6.17. The number of nitrogens with one attached hydrogen (secondary N) is 2.